The quantitative estimate of drug-likeness (QED) is 0.887. The van der Waals surface area contributed by atoms with Crippen LogP contribution in [-0.4, -0.2) is 43.5 Å². The fourth-order valence-corrected chi connectivity index (χ4v) is 5.46. The van der Waals surface area contributed by atoms with Crippen molar-refractivity contribution in [2.45, 2.75) is 38.1 Å². The van der Waals surface area contributed by atoms with Gasteiger partial charge in [0.05, 0.1) is 12.3 Å². The Balaban J connectivity index is 1.66. The average Bonchev–Trinajstić information content (AvgIpc) is 3.00. The number of amides is 1. The molecule has 1 heterocycles. The van der Waals surface area contributed by atoms with E-state index in [-0.39, 0.29) is 30.2 Å². The summed E-state index contributed by atoms with van der Waals surface area (Å²) in [5.74, 6) is 0.253. The van der Waals surface area contributed by atoms with Crippen molar-refractivity contribution < 1.29 is 13.2 Å². The molecule has 23 heavy (non-hydrogen) atoms. The van der Waals surface area contributed by atoms with Crippen molar-refractivity contribution in [1.29, 1.82) is 0 Å². The standard InChI is InChI=1S/C17H24N2O3S/c20-17-12-19(23(21,22)13-15-8-4-5-9-15)11-16(18-17)10-14-6-2-1-3-7-14/h1-3,6-7,15-16H,4-5,8-13H2,(H,18,20)/t16-/m0/s1. The molecule has 1 aliphatic carbocycles. The minimum absolute atomic E-state index is 0.0413. The van der Waals surface area contributed by atoms with Crippen LogP contribution in [0.2, 0.25) is 0 Å². The fraction of sp³-hybridized carbons (Fsp3) is 0.588. The summed E-state index contributed by atoms with van der Waals surface area (Å²) in [6.45, 7) is 0.329. The second kappa shape index (κ2) is 7.01. The predicted molar refractivity (Wildman–Crippen MR) is 89.4 cm³/mol. The van der Waals surface area contributed by atoms with Crippen LogP contribution in [0.1, 0.15) is 31.2 Å². The van der Waals surface area contributed by atoms with Gasteiger partial charge in [0.1, 0.15) is 0 Å². The monoisotopic (exact) mass is 336 g/mol. The molecule has 1 aromatic rings. The number of benzene rings is 1. The van der Waals surface area contributed by atoms with Gasteiger partial charge >= 0.3 is 0 Å². The van der Waals surface area contributed by atoms with Crippen LogP contribution in [0.25, 0.3) is 0 Å². The highest BCUT2D eigenvalue weighted by Crippen LogP contribution is 2.27. The summed E-state index contributed by atoms with van der Waals surface area (Å²) in [7, 11) is -3.35. The van der Waals surface area contributed by atoms with Gasteiger partial charge in [-0.15, -0.1) is 0 Å². The maximum Gasteiger partial charge on any atom is 0.235 e. The van der Waals surface area contributed by atoms with Gasteiger partial charge in [0, 0.05) is 12.6 Å². The van der Waals surface area contributed by atoms with Crippen LogP contribution < -0.4 is 5.32 Å². The van der Waals surface area contributed by atoms with Crippen LogP contribution in [0, 0.1) is 5.92 Å². The Morgan fingerprint density at radius 3 is 2.52 bits per heavy atom. The number of hydrogen-bond donors (Lipinski definition) is 1. The highest BCUT2D eigenvalue weighted by Gasteiger charge is 2.34. The molecule has 1 saturated heterocycles. The molecule has 0 bridgehead atoms. The Labute approximate surface area is 138 Å². The Hall–Kier alpha value is -1.40. The van der Waals surface area contributed by atoms with Crippen molar-refractivity contribution >= 4 is 15.9 Å². The summed E-state index contributed by atoms with van der Waals surface area (Å²) in [4.78, 5) is 11.9. The number of rotatable bonds is 5. The van der Waals surface area contributed by atoms with Crippen LogP contribution >= 0.6 is 0 Å². The molecule has 6 heteroatoms. The van der Waals surface area contributed by atoms with E-state index in [9.17, 15) is 13.2 Å². The van der Waals surface area contributed by atoms with Crippen LogP contribution in [0.3, 0.4) is 0 Å². The van der Waals surface area contributed by atoms with E-state index >= 15 is 0 Å². The molecule has 0 aromatic heterocycles. The van der Waals surface area contributed by atoms with Gasteiger partial charge in [0.2, 0.25) is 15.9 Å². The van der Waals surface area contributed by atoms with E-state index in [0.717, 1.165) is 31.2 Å². The third kappa shape index (κ3) is 4.32. The Kier molecular flexibility index (Phi) is 5.02. The number of carbonyl (C=O) groups excluding carboxylic acids is 1. The molecule has 126 valence electrons. The van der Waals surface area contributed by atoms with Crippen molar-refractivity contribution in [3.05, 3.63) is 35.9 Å². The number of nitrogens with zero attached hydrogens (tertiary/aromatic N) is 1. The Morgan fingerprint density at radius 1 is 1.13 bits per heavy atom. The van der Waals surface area contributed by atoms with Crippen LogP contribution in [0.4, 0.5) is 0 Å². The first-order valence-electron chi connectivity index (χ1n) is 8.34. The molecule has 3 rings (SSSR count). The molecular weight excluding hydrogens is 312 g/mol. The molecule has 1 aromatic carbocycles. The minimum Gasteiger partial charge on any atom is -0.351 e. The highest BCUT2D eigenvalue weighted by molar-refractivity contribution is 7.89. The lowest BCUT2D eigenvalue weighted by Gasteiger charge is -2.33. The van der Waals surface area contributed by atoms with E-state index in [0.29, 0.717) is 13.0 Å². The number of hydrogen-bond acceptors (Lipinski definition) is 3. The summed E-state index contributed by atoms with van der Waals surface area (Å²) >= 11 is 0. The van der Waals surface area contributed by atoms with Crippen LogP contribution in [-0.2, 0) is 21.2 Å². The molecule has 1 N–H and O–H groups in total. The number of piperazine rings is 1. The van der Waals surface area contributed by atoms with E-state index in [2.05, 4.69) is 5.32 Å². The maximum absolute atomic E-state index is 12.6. The molecule has 5 nitrogen and oxygen atoms in total. The summed E-state index contributed by atoms with van der Waals surface area (Å²) in [5, 5.41) is 2.92. The molecule has 0 radical (unpaired) electrons. The second-order valence-electron chi connectivity index (χ2n) is 6.68. The normalized spacial score (nSPS) is 23.8. The molecule has 2 aliphatic rings. The summed E-state index contributed by atoms with van der Waals surface area (Å²) < 4.78 is 26.6. The average molecular weight is 336 g/mol. The number of carbonyl (C=O) groups is 1. The van der Waals surface area contributed by atoms with Gasteiger partial charge in [-0.2, -0.15) is 4.31 Å². The predicted octanol–water partition coefficient (Wildman–Crippen LogP) is 1.55. The van der Waals surface area contributed by atoms with Crippen LogP contribution in [0.15, 0.2) is 30.3 Å². The molecule has 0 unspecified atom stereocenters. The summed E-state index contributed by atoms with van der Waals surface area (Å²) in [5.41, 5.74) is 1.10. The second-order valence-corrected chi connectivity index (χ2v) is 8.69. The lowest BCUT2D eigenvalue weighted by Crippen LogP contribution is -2.57. The zero-order valence-corrected chi connectivity index (χ0v) is 14.1. The van der Waals surface area contributed by atoms with Gasteiger partial charge in [-0.05, 0) is 30.7 Å². The lowest BCUT2D eigenvalue weighted by molar-refractivity contribution is -0.123. The fourth-order valence-electron chi connectivity index (χ4n) is 3.60. The van der Waals surface area contributed by atoms with E-state index in [1.54, 1.807) is 0 Å². The SMILES string of the molecule is O=C1CN(S(=O)(=O)CC2CCCC2)C[C@H](Cc2ccccc2)N1. The van der Waals surface area contributed by atoms with Gasteiger partial charge in [0.25, 0.3) is 0 Å². The third-order valence-corrected chi connectivity index (χ3v) is 6.71. The molecule has 1 aliphatic heterocycles. The largest absolute Gasteiger partial charge is 0.351 e. The van der Waals surface area contributed by atoms with Gasteiger partial charge in [-0.1, -0.05) is 43.2 Å². The zero-order valence-electron chi connectivity index (χ0n) is 13.3. The Bertz CT molecular complexity index is 639. The van der Waals surface area contributed by atoms with Crippen molar-refractivity contribution in [3.8, 4) is 0 Å². The van der Waals surface area contributed by atoms with E-state index < -0.39 is 10.0 Å². The van der Waals surface area contributed by atoms with E-state index in [4.69, 9.17) is 0 Å². The molecule has 0 spiro atoms. The number of sulfonamides is 1. The van der Waals surface area contributed by atoms with E-state index in [1.807, 2.05) is 30.3 Å². The highest BCUT2D eigenvalue weighted by atomic mass is 32.2. The van der Waals surface area contributed by atoms with Crippen LogP contribution in [0.5, 0.6) is 0 Å². The first-order chi connectivity index (χ1) is 11.0. The number of nitrogens with one attached hydrogen (secondary N) is 1. The van der Waals surface area contributed by atoms with Crippen molar-refractivity contribution in [3.63, 3.8) is 0 Å². The Morgan fingerprint density at radius 2 is 1.83 bits per heavy atom. The minimum atomic E-state index is -3.35. The molecule has 2 fully saturated rings. The first-order valence-corrected chi connectivity index (χ1v) is 9.95. The molecular formula is C17H24N2O3S. The van der Waals surface area contributed by atoms with Gasteiger partial charge < -0.3 is 5.32 Å². The molecule has 1 saturated carbocycles. The topological polar surface area (TPSA) is 66.5 Å². The van der Waals surface area contributed by atoms with Crippen molar-refractivity contribution in [1.82, 2.24) is 9.62 Å². The molecule has 1 atom stereocenters. The van der Waals surface area contributed by atoms with E-state index in [1.165, 1.54) is 4.31 Å². The first kappa shape index (κ1) is 16.5. The van der Waals surface area contributed by atoms with Gasteiger partial charge in [-0.25, -0.2) is 8.42 Å². The summed E-state index contributed by atoms with van der Waals surface area (Å²) in [6.07, 6.45) is 4.88. The smallest absolute Gasteiger partial charge is 0.235 e. The van der Waals surface area contributed by atoms with Gasteiger partial charge in [0.15, 0.2) is 0 Å². The lowest BCUT2D eigenvalue weighted by atomic mass is 10.0. The maximum atomic E-state index is 12.6. The van der Waals surface area contributed by atoms with Gasteiger partial charge in [-0.3, -0.25) is 4.79 Å². The zero-order chi connectivity index (χ0) is 16.3. The summed E-state index contributed by atoms with van der Waals surface area (Å²) in [6, 6.07) is 9.69. The third-order valence-electron chi connectivity index (χ3n) is 4.75. The molecule has 1 amide bonds. The van der Waals surface area contributed by atoms with Crippen molar-refractivity contribution in [2.75, 3.05) is 18.8 Å². The van der Waals surface area contributed by atoms with Crippen molar-refractivity contribution in [2.24, 2.45) is 5.92 Å².